The Morgan fingerprint density at radius 2 is 2.19 bits per heavy atom. The van der Waals surface area contributed by atoms with E-state index in [0.29, 0.717) is 12.3 Å². The lowest BCUT2D eigenvalue weighted by atomic mass is 10.1. The largest absolute Gasteiger partial charge is 0.508 e. The topological polar surface area (TPSA) is 49.5 Å². The molecule has 0 aliphatic rings. The summed E-state index contributed by atoms with van der Waals surface area (Å²) in [5, 5.41) is 9.46. The van der Waals surface area contributed by atoms with E-state index in [-0.39, 0.29) is 6.04 Å². The van der Waals surface area contributed by atoms with Crippen LogP contribution in [-0.2, 0) is 0 Å². The van der Waals surface area contributed by atoms with E-state index < -0.39 is 0 Å². The van der Waals surface area contributed by atoms with E-state index in [1.54, 1.807) is 12.1 Å². The molecule has 0 aliphatic carbocycles. The summed E-state index contributed by atoms with van der Waals surface area (Å²) in [5.74, 6) is 0.305. The first-order chi connectivity index (χ1) is 7.69. The molecule has 3 heteroatoms. The highest BCUT2D eigenvalue weighted by atomic mass is 16.3. The molecule has 3 nitrogen and oxygen atoms in total. The minimum atomic E-state index is 0.193. The maximum Gasteiger partial charge on any atom is 0.115 e. The predicted molar refractivity (Wildman–Crippen MR) is 67.4 cm³/mol. The highest BCUT2D eigenvalue weighted by molar-refractivity contribution is 5.29. The van der Waals surface area contributed by atoms with Crippen molar-refractivity contribution in [3.63, 3.8) is 0 Å². The van der Waals surface area contributed by atoms with E-state index in [0.717, 1.165) is 12.1 Å². The van der Waals surface area contributed by atoms with Crippen molar-refractivity contribution in [1.82, 2.24) is 4.90 Å². The number of phenols is 1. The fraction of sp³-hybridized carbons (Fsp3) is 0.538. The van der Waals surface area contributed by atoms with E-state index >= 15 is 0 Å². The van der Waals surface area contributed by atoms with Crippen LogP contribution in [-0.4, -0.2) is 30.1 Å². The van der Waals surface area contributed by atoms with Gasteiger partial charge < -0.3 is 10.8 Å². The van der Waals surface area contributed by atoms with Crippen LogP contribution in [0.2, 0.25) is 0 Å². The number of phenolic OH excluding ortho intramolecular Hbond substituents is 1. The maximum absolute atomic E-state index is 9.46. The van der Waals surface area contributed by atoms with E-state index in [1.807, 2.05) is 12.1 Å². The molecular formula is C13H22N2O. The van der Waals surface area contributed by atoms with Crippen molar-refractivity contribution in [3.8, 4) is 5.75 Å². The van der Waals surface area contributed by atoms with Crippen LogP contribution < -0.4 is 5.73 Å². The van der Waals surface area contributed by atoms with Gasteiger partial charge in [-0.2, -0.15) is 0 Å². The number of benzene rings is 1. The molecule has 0 spiro atoms. The van der Waals surface area contributed by atoms with Crippen molar-refractivity contribution >= 4 is 0 Å². The highest BCUT2D eigenvalue weighted by Crippen LogP contribution is 2.22. The summed E-state index contributed by atoms with van der Waals surface area (Å²) in [6.45, 7) is 3.79. The Labute approximate surface area is 97.9 Å². The summed E-state index contributed by atoms with van der Waals surface area (Å²) in [4.78, 5) is 2.25. The van der Waals surface area contributed by atoms with Crippen molar-refractivity contribution in [2.75, 3.05) is 20.1 Å². The summed E-state index contributed by atoms with van der Waals surface area (Å²) in [5.41, 5.74) is 6.89. The van der Waals surface area contributed by atoms with Crippen LogP contribution in [0.25, 0.3) is 0 Å². The number of nitrogens with zero attached hydrogens (tertiary/aromatic N) is 1. The first-order valence-corrected chi connectivity index (χ1v) is 5.88. The first-order valence-electron chi connectivity index (χ1n) is 5.88. The van der Waals surface area contributed by atoms with Crippen LogP contribution in [0.3, 0.4) is 0 Å². The molecule has 1 aromatic carbocycles. The average molecular weight is 222 g/mol. The van der Waals surface area contributed by atoms with Gasteiger partial charge in [0.1, 0.15) is 5.75 Å². The van der Waals surface area contributed by atoms with Crippen molar-refractivity contribution in [2.45, 2.75) is 25.8 Å². The van der Waals surface area contributed by atoms with E-state index in [4.69, 9.17) is 5.73 Å². The lowest BCUT2D eigenvalue weighted by Crippen LogP contribution is -2.31. The number of likely N-dealkylation sites (N-methyl/N-ethyl adjacent to an activating group) is 1. The van der Waals surface area contributed by atoms with Crippen molar-refractivity contribution in [3.05, 3.63) is 29.8 Å². The summed E-state index contributed by atoms with van der Waals surface area (Å²) < 4.78 is 0. The Bertz CT molecular complexity index is 315. The molecule has 0 amide bonds. The summed E-state index contributed by atoms with van der Waals surface area (Å²) in [6, 6.07) is 7.54. The Balaban J connectivity index is 2.73. The first kappa shape index (κ1) is 13.0. The monoisotopic (exact) mass is 222 g/mol. The fourth-order valence-corrected chi connectivity index (χ4v) is 1.87. The molecule has 0 radical (unpaired) electrons. The van der Waals surface area contributed by atoms with E-state index in [9.17, 15) is 5.11 Å². The maximum atomic E-state index is 9.46. The number of hydrogen-bond acceptors (Lipinski definition) is 3. The third-order valence-electron chi connectivity index (χ3n) is 2.87. The molecule has 0 aliphatic heterocycles. The molecule has 0 heterocycles. The summed E-state index contributed by atoms with van der Waals surface area (Å²) >= 11 is 0. The van der Waals surface area contributed by atoms with Gasteiger partial charge in [-0.15, -0.1) is 0 Å². The molecule has 0 aromatic heterocycles. The van der Waals surface area contributed by atoms with Crippen LogP contribution in [0.4, 0.5) is 0 Å². The average Bonchev–Trinajstić information content (AvgIpc) is 2.27. The van der Waals surface area contributed by atoms with E-state index in [2.05, 4.69) is 18.9 Å². The SMILES string of the molecule is CCCCN(C)C(CN)c1cccc(O)c1. The third-order valence-corrected chi connectivity index (χ3v) is 2.87. The highest BCUT2D eigenvalue weighted by Gasteiger charge is 2.14. The van der Waals surface area contributed by atoms with Crippen LogP contribution >= 0.6 is 0 Å². The minimum absolute atomic E-state index is 0.193. The lowest BCUT2D eigenvalue weighted by molar-refractivity contribution is 0.246. The molecule has 0 saturated carbocycles. The van der Waals surface area contributed by atoms with Crippen molar-refractivity contribution in [1.29, 1.82) is 0 Å². The molecule has 3 N–H and O–H groups in total. The summed E-state index contributed by atoms with van der Waals surface area (Å²) in [6.07, 6.45) is 2.35. The van der Waals surface area contributed by atoms with Crippen molar-refractivity contribution in [2.24, 2.45) is 5.73 Å². The second kappa shape index (κ2) is 6.51. The summed E-state index contributed by atoms with van der Waals surface area (Å²) in [7, 11) is 2.08. The number of aromatic hydroxyl groups is 1. The Kier molecular flexibility index (Phi) is 5.29. The molecule has 0 fully saturated rings. The standard InChI is InChI=1S/C13H22N2O/c1-3-4-8-15(2)13(10-14)11-6-5-7-12(16)9-11/h5-7,9,13,16H,3-4,8,10,14H2,1-2H3. The Hall–Kier alpha value is -1.06. The second-order valence-corrected chi connectivity index (χ2v) is 4.18. The fourth-order valence-electron chi connectivity index (χ4n) is 1.87. The quantitative estimate of drug-likeness (QED) is 0.775. The molecule has 1 aromatic rings. The minimum Gasteiger partial charge on any atom is -0.508 e. The van der Waals surface area contributed by atoms with E-state index in [1.165, 1.54) is 12.8 Å². The molecule has 16 heavy (non-hydrogen) atoms. The van der Waals surface area contributed by atoms with Gasteiger partial charge in [-0.05, 0) is 37.7 Å². The van der Waals surface area contributed by atoms with Crippen LogP contribution in [0, 0.1) is 0 Å². The van der Waals surface area contributed by atoms with Gasteiger partial charge in [-0.1, -0.05) is 25.5 Å². The Morgan fingerprint density at radius 3 is 2.75 bits per heavy atom. The molecule has 1 unspecified atom stereocenters. The Morgan fingerprint density at radius 1 is 1.44 bits per heavy atom. The van der Waals surface area contributed by atoms with Gasteiger partial charge in [0, 0.05) is 12.6 Å². The molecule has 1 rings (SSSR count). The van der Waals surface area contributed by atoms with Gasteiger partial charge in [0.2, 0.25) is 0 Å². The van der Waals surface area contributed by atoms with Gasteiger partial charge in [0.15, 0.2) is 0 Å². The van der Waals surface area contributed by atoms with Gasteiger partial charge in [-0.3, -0.25) is 4.90 Å². The predicted octanol–water partition coefficient (Wildman–Crippen LogP) is 2.12. The zero-order valence-electron chi connectivity index (χ0n) is 10.2. The van der Waals surface area contributed by atoms with Crippen LogP contribution in [0.15, 0.2) is 24.3 Å². The normalized spacial score (nSPS) is 13.0. The van der Waals surface area contributed by atoms with Gasteiger partial charge >= 0.3 is 0 Å². The molecule has 0 bridgehead atoms. The van der Waals surface area contributed by atoms with Gasteiger partial charge in [0.25, 0.3) is 0 Å². The zero-order chi connectivity index (χ0) is 12.0. The number of rotatable bonds is 6. The smallest absolute Gasteiger partial charge is 0.115 e. The van der Waals surface area contributed by atoms with Gasteiger partial charge in [0.05, 0.1) is 0 Å². The van der Waals surface area contributed by atoms with Crippen LogP contribution in [0.5, 0.6) is 5.75 Å². The molecule has 90 valence electrons. The molecule has 0 saturated heterocycles. The number of unbranched alkanes of at least 4 members (excludes halogenated alkanes) is 1. The zero-order valence-corrected chi connectivity index (χ0v) is 10.2. The lowest BCUT2D eigenvalue weighted by Gasteiger charge is -2.27. The van der Waals surface area contributed by atoms with Gasteiger partial charge in [-0.25, -0.2) is 0 Å². The van der Waals surface area contributed by atoms with Crippen LogP contribution in [0.1, 0.15) is 31.4 Å². The molecule has 1 atom stereocenters. The number of nitrogens with two attached hydrogens (primary N) is 1. The van der Waals surface area contributed by atoms with Crippen molar-refractivity contribution < 1.29 is 5.11 Å². The second-order valence-electron chi connectivity index (χ2n) is 4.18. The third kappa shape index (κ3) is 3.51. The number of hydrogen-bond donors (Lipinski definition) is 2. The molecular weight excluding hydrogens is 200 g/mol.